The van der Waals surface area contributed by atoms with Crippen LogP contribution in [-0.2, 0) is 11.2 Å². The lowest BCUT2D eigenvalue weighted by atomic mass is 9.98. The second kappa shape index (κ2) is 11.3. The first-order valence-electron chi connectivity index (χ1n) is 13.3. The molecule has 1 N–H and O–H groups in total. The van der Waals surface area contributed by atoms with Crippen molar-refractivity contribution in [2.75, 3.05) is 44.7 Å². The predicted molar refractivity (Wildman–Crippen MR) is 139 cm³/mol. The third-order valence-corrected chi connectivity index (χ3v) is 7.85. The Labute approximate surface area is 209 Å². The van der Waals surface area contributed by atoms with Crippen molar-refractivity contribution in [2.24, 2.45) is 5.92 Å². The van der Waals surface area contributed by atoms with Gasteiger partial charge in [0.05, 0.1) is 19.3 Å². The number of nitrogens with one attached hydrogen (secondary N) is 1. The maximum atomic E-state index is 13.4. The van der Waals surface area contributed by atoms with Crippen LogP contribution >= 0.6 is 0 Å². The molecule has 1 amide bonds. The molecule has 2 atom stereocenters. The molecule has 1 saturated carbocycles. The molecule has 2 aromatic carbocycles. The number of methoxy groups -OCH3 is 1. The Bertz CT molecular complexity index is 970. The van der Waals surface area contributed by atoms with Crippen LogP contribution in [0.5, 0.6) is 11.5 Å². The fourth-order valence-electron chi connectivity index (χ4n) is 5.87. The number of rotatable bonds is 8. The molecule has 35 heavy (non-hydrogen) atoms. The van der Waals surface area contributed by atoms with E-state index >= 15 is 0 Å². The smallest absolute Gasteiger partial charge is 0.223 e. The summed E-state index contributed by atoms with van der Waals surface area (Å²) >= 11 is 0. The van der Waals surface area contributed by atoms with Crippen molar-refractivity contribution in [2.45, 2.75) is 57.1 Å². The topological polar surface area (TPSA) is 54.0 Å². The second-order valence-corrected chi connectivity index (χ2v) is 10.3. The minimum absolute atomic E-state index is 0.148. The van der Waals surface area contributed by atoms with E-state index < -0.39 is 0 Å². The Morgan fingerprint density at radius 3 is 2.60 bits per heavy atom. The summed E-state index contributed by atoms with van der Waals surface area (Å²) < 4.78 is 12.0. The van der Waals surface area contributed by atoms with Gasteiger partial charge in [-0.15, -0.1) is 0 Å². The lowest BCUT2D eigenvalue weighted by molar-refractivity contribution is -0.134. The number of amides is 1. The summed E-state index contributed by atoms with van der Waals surface area (Å²) in [7, 11) is 1.71. The highest BCUT2D eigenvalue weighted by Crippen LogP contribution is 2.36. The summed E-state index contributed by atoms with van der Waals surface area (Å²) in [6.07, 6.45) is 7.61. The molecule has 5 rings (SSSR count). The van der Waals surface area contributed by atoms with Crippen molar-refractivity contribution in [3.63, 3.8) is 0 Å². The quantitative estimate of drug-likeness (QED) is 0.615. The number of anilines is 1. The number of hydrogen-bond donors (Lipinski definition) is 1. The van der Waals surface area contributed by atoms with E-state index in [1.807, 2.05) is 6.07 Å². The number of piperazine rings is 1. The Hall–Kier alpha value is -2.73. The van der Waals surface area contributed by atoms with E-state index in [0.717, 1.165) is 75.6 Å². The zero-order chi connectivity index (χ0) is 24.0. The van der Waals surface area contributed by atoms with E-state index in [1.54, 1.807) is 7.11 Å². The van der Waals surface area contributed by atoms with E-state index in [4.69, 9.17) is 9.47 Å². The molecule has 2 aliphatic heterocycles. The first-order chi connectivity index (χ1) is 17.2. The number of carbonyl (C=O) groups is 1. The lowest BCUT2D eigenvalue weighted by Gasteiger charge is -2.43. The summed E-state index contributed by atoms with van der Waals surface area (Å²) in [4.78, 5) is 17.9. The lowest BCUT2D eigenvalue weighted by Crippen LogP contribution is -2.56. The van der Waals surface area contributed by atoms with Gasteiger partial charge in [-0.05, 0) is 75.2 Å². The monoisotopic (exact) mass is 477 g/mol. The molecule has 0 radical (unpaired) electrons. The van der Waals surface area contributed by atoms with Crippen LogP contribution in [0.25, 0.3) is 0 Å². The Morgan fingerprint density at radius 2 is 1.86 bits per heavy atom. The minimum Gasteiger partial charge on any atom is -0.493 e. The summed E-state index contributed by atoms with van der Waals surface area (Å²) in [6.45, 7) is 4.39. The third kappa shape index (κ3) is 5.92. The van der Waals surface area contributed by atoms with Gasteiger partial charge in [-0.3, -0.25) is 4.79 Å². The van der Waals surface area contributed by atoms with Crippen molar-refractivity contribution < 1.29 is 14.3 Å². The zero-order valence-electron chi connectivity index (χ0n) is 21.0. The molecule has 1 aliphatic carbocycles. The van der Waals surface area contributed by atoms with Crippen LogP contribution in [0.1, 0.15) is 44.1 Å². The van der Waals surface area contributed by atoms with Crippen molar-refractivity contribution in [1.82, 2.24) is 10.2 Å². The first kappa shape index (κ1) is 24.0. The van der Waals surface area contributed by atoms with Gasteiger partial charge in [0, 0.05) is 37.8 Å². The Balaban J connectivity index is 1.33. The molecule has 0 bridgehead atoms. The van der Waals surface area contributed by atoms with Gasteiger partial charge >= 0.3 is 0 Å². The summed E-state index contributed by atoms with van der Waals surface area (Å²) in [5.74, 6) is 2.40. The van der Waals surface area contributed by atoms with E-state index in [2.05, 4.69) is 57.6 Å². The molecule has 6 heteroatoms. The van der Waals surface area contributed by atoms with Crippen LogP contribution in [0.4, 0.5) is 5.69 Å². The average molecular weight is 478 g/mol. The highest BCUT2D eigenvalue weighted by Gasteiger charge is 2.32. The normalized spacial score (nSPS) is 23.0. The number of ether oxygens (including phenoxy) is 2. The number of nitrogens with zero attached hydrogens (tertiary/aromatic N) is 2. The fraction of sp³-hybridized carbons (Fsp3) is 0.552. The van der Waals surface area contributed by atoms with Gasteiger partial charge in [0.15, 0.2) is 11.5 Å². The molecular weight excluding hydrogens is 438 g/mol. The van der Waals surface area contributed by atoms with E-state index in [0.29, 0.717) is 18.2 Å². The van der Waals surface area contributed by atoms with Crippen LogP contribution < -0.4 is 19.7 Å². The van der Waals surface area contributed by atoms with Crippen molar-refractivity contribution in [3.8, 4) is 11.5 Å². The van der Waals surface area contributed by atoms with Crippen LogP contribution in [0, 0.1) is 5.92 Å². The van der Waals surface area contributed by atoms with Crippen LogP contribution in [-0.4, -0.2) is 62.8 Å². The standard InChI is InChI=1S/C29H39N3O3/c1-34-27-12-11-24(19-28(27)35-26-9-5-6-10-26)31-15-16-32(29(33)18-23-13-14-30-20-23)25(21-31)17-22-7-3-2-4-8-22/h2-4,7-8,11-12,19,23,25-26,30H,5-6,9-10,13-18,20-21H2,1H3/t23?,25-/m0/s1. The molecule has 2 aromatic rings. The minimum atomic E-state index is 0.148. The van der Waals surface area contributed by atoms with Gasteiger partial charge in [-0.25, -0.2) is 0 Å². The Kier molecular flexibility index (Phi) is 7.77. The van der Waals surface area contributed by atoms with Gasteiger partial charge in [-0.1, -0.05) is 30.3 Å². The van der Waals surface area contributed by atoms with Gasteiger partial charge in [0.25, 0.3) is 0 Å². The second-order valence-electron chi connectivity index (χ2n) is 10.3. The summed E-state index contributed by atoms with van der Waals surface area (Å²) in [6, 6.07) is 17.0. The molecule has 3 aliphatic rings. The largest absolute Gasteiger partial charge is 0.493 e. The fourth-order valence-corrected chi connectivity index (χ4v) is 5.87. The highest BCUT2D eigenvalue weighted by atomic mass is 16.5. The maximum Gasteiger partial charge on any atom is 0.223 e. The summed E-state index contributed by atoms with van der Waals surface area (Å²) in [5.41, 5.74) is 2.42. The van der Waals surface area contributed by atoms with Crippen LogP contribution in [0.3, 0.4) is 0 Å². The molecule has 3 fully saturated rings. The van der Waals surface area contributed by atoms with E-state index in [1.165, 1.54) is 18.4 Å². The first-order valence-corrected chi connectivity index (χ1v) is 13.3. The summed E-state index contributed by atoms with van der Waals surface area (Å²) in [5, 5.41) is 3.40. The van der Waals surface area contributed by atoms with Gasteiger partial charge in [-0.2, -0.15) is 0 Å². The van der Waals surface area contributed by atoms with Gasteiger partial charge in [0.1, 0.15) is 0 Å². The van der Waals surface area contributed by atoms with E-state index in [9.17, 15) is 4.79 Å². The molecule has 1 unspecified atom stereocenters. The van der Waals surface area contributed by atoms with Crippen LogP contribution in [0.2, 0.25) is 0 Å². The van der Waals surface area contributed by atoms with Crippen molar-refractivity contribution in [1.29, 1.82) is 0 Å². The number of benzene rings is 2. The zero-order valence-corrected chi connectivity index (χ0v) is 21.0. The molecule has 188 valence electrons. The molecule has 0 aromatic heterocycles. The molecule has 2 saturated heterocycles. The van der Waals surface area contributed by atoms with Crippen molar-refractivity contribution >= 4 is 11.6 Å². The maximum absolute atomic E-state index is 13.4. The predicted octanol–water partition coefficient (Wildman–Crippen LogP) is 4.28. The molecule has 0 spiro atoms. The third-order valence-electron chi connectivity index (χ3n) is 7.85. The number of carbonyl (C=O) groups excluding carboxylic acids is 1. The molecule has 6 nitrogen and oxygen atoms in total. The highest BCUT2D eigenvalue weighted by molar-refractivity contribution is 5.77. The van der Waals surface area contributed by atoms with Crippen molar-refractivity contribution in [3.05, 3.63) is 54.1 Å². The Morgan fingerprint density at radius 1 is 1.03 bits per heavy atom. The molecule has 2 heterocycles. The SMILES string of the molecule is COc1ccc(N2CCN(C(=O)CC3CCNC3)[C@@H](Cc3ccccc3)C2)cc1OC1CCCC1. The molecular formula is C29H39N3O3. The van der Waals surface area contributed by atoms with E-state index in [-0.39, 0.29) is 12.1 Å². The van der Waals surface area contributed by atoms with Gasteiger partial charge in [0.2, 0.25) is 5.91 Å². The van der Waals surface area contributed by atoms with Crippen LogP contribution in [0.15, 0.2) is 48.5 Å². The van der Waals surface area contributed by atoms with Gasteiger partial charge < -0.3 is 24.6 Å². The average Bonchev–Trinajstić information content (AvgIpc) is 3.59. The number of hydrogen-bond acceptors (Lipinski definition) is 5.